The monoisotopic (exact) mass is 310 g/mol. The number of carbonyl (C=O) groups is 1. The van der Waals surface area contributed by atoms with E-state index in [1.807, 2.05) is 60.7 Å². The third-order valence-electron chi connectivity index (χ3n) is 3.73. The van der Waals surface area contributed by atoms with Crippen LogP contribution in [0, 0.1) is 0 Å². The molecule has 3 heteroatoms. The van der Waals surface area contributed by atoms with Gasteiger partial charge in [0.25, 0.3) is 0 Å². The van der Waals surface area contributed by atoms with Gasteiger partial charge in [0.05, 0.1) is 5.92 Å². The zero-order valence-electron chi connectivity index (χ0n) is 14.0. The molecule has 0 spiro atoms. The van der Waals surface area contributed by atoms with E-state index < -0.39 is 0 Å². The SMILES string of the molecule is CC(C)NCCCNC(=O)C(c1ccccc1)c1ccccc1. The van der Waals surface area contributed by atoms with Crippen molar-refractivity contribution >= 4 is 5.91 Å². The summed E-state index contributed by atoms with van der Waals surface area (Å²) >= 11 is 0. The van der Waals surface area contributed by atoms with E-state index in [0.29, 0.717) is 12.6 Å². The van der Waals surface area contributed by atoms with Crippen molar-refractivity contribution in [1.29, 1.82) is 0 Å². The second-order valence-corrected chi connectivity index (χ2v) is 6.01. The van der Waals surface area contributed by atoms with E-state index in [-0.39, 0.29) is 11.8 Å². The summed E-state index contributed by atoms with van der Waals surface area (Å²) in [7, 11) is 0. The van der Waals surface area contributed by atoms with Gasteiger partial charge in [0, 0.05) is 12.6 Å². The van der Waals surface area contributed by atoms with E-state index >= 15 is 0 Å². The van der Waals surface area contributed by atoms with E-state index in [9.17, 15) is 4.79 Å². The minimum absolute atomic E-state index is 0.0620. The maximum absolute atomic E-state index is 12.7. The normalized spacial score (nSPS) is 11.0. The highest BCUT2D eigenvalue weighted by molar-refractivity contribution is 5.87. The van der Waals surface area contributed by atoms with Crippen molar-refractivity contribution in [3.63, 3.8) is 0 Å². The summed E-state index contributed by atoms with van der Waals surface area (Å²) in [5.74, 6) is -0.192. The van der Waals surface area contributed by atoms with Gasteiger partial charge in [-0.1, -0.05) is 74.5 Å². The largest absolute Gasteiger partial charge is 0.355 e. The summed E-state index contributed by atoms with van der Waals surface area (Å²) in [6.07, 6.45) is 0.931. The van der Waals surface area contributed by atoms with Crippen molar-refractivity contribution in [1.82, 2.24) is 10.6 Å². The summed E-state index contributed by atoms with van der Waals surface area (Å²) < 4.78 is 0. The highest BCUT2D eigenvalue weighted by Gasteiger charge is 2.21. The number of hydrogen-bond acceptors (Lipinski definition) is 2. The maximum Gasteiger partial charge on any atom is 0.232 e. The fourth-order valence-corrected chi connectivity index (χ4v) is 2.58. The number of rotatable bonds is 8. The predicted molar refractivity (Wildman–Crippen MR) is 95.5 cm³/mol. The van der Waals surface area contributed by atoms with Crippen LogP contribution in [0.25, 0.3) is 0 Å². The molecule has 0 saturated carbocycles. The van der Waals surface area contributed by atoms with Gasteiger partial charge in [-0.25, -0.2) is 0 Å². The van der Waals surface area contributed by atoms with Gasteiger partial charge in [-0.3, -0.25) is 4.79 Å². The van der Waals surface area contributed by atoms with E-state index in [2.05, 4.69) is 24.5 Å². The molecule has 2 aromatic carbocycles. The highest BCUT2D eigenvalue weighted by Crippen LogP contribution is 2.24. The quantitative estimate of drug-likeness (QED) is 0.734. The molecule has 1 amide bonds. The van der Waals surface area contributed by atoms with Gasteiger partial charge in [-0.05, 0) is 24.1 Å². The van der Waals surface area contributed by atoms with E-state index in [1.165, 1.54) is 0 Å². The lowest BCUT2D eigenvalue weighted by Crippen LogP contribution is -2.33. The summed E-state index contributed by atoms with van der Waals surface area (Å²) in [5, 5.41) is 6.44. The van der Waals surface area contributed by atoms with Crippen LogP contribution in [0.2, 0.25) is 0 Å². The zero-order valence-corrected chi connectivity index (χ0v) is 14.0. The maximum atomic E-state index is 12.7. The second kappa shape index (κ2) is 9.11. The fraction of sp³-hybridized carbons (Fsp3) is 0.350. The van der Waals surface area contributed by atoms with Crippen LogP contribution in [0.15, 0.2) is 60.7 Å². The first-order valence-corrected chi connectivity index (χ1v) is 8.29. The lowest BCUT2D eigenvalue weighted by molar-refractivity contribution is -0.121. The predicted octanol–water partition coefficient (Wildman–Crippen LogP) is 3.32. The first-order chi connectivity index (χ1) is 11.2. The summed E-state index contributed by atoms with van der Waals surface area (Å²) in [4.78, 5) is 12.7. The van der Waals surface area contributed by atoms with Crippen LogP contribution in [0.5, 0.6) is 0 Å². The van der Waals surface area contributed by atoms with Crippen molar-refractivity contribution in [3.05, 3.63) is 71.8 Å². The minimum Gasteiger partial charge on any atom is -0.355 e. The van der Waals surface area contributed by atoms with Gasteiger partial charge in [0.2, 0.25) is 5.91 Å². The number of hydrogen-bond donors (Lipinski definition) is 2. The second-order valence-electron chi connectivity index (χ2n) is 6.01. The summed E-state index contributed by atoms with van der Waals surface area (Å²) in [5.41, 5.74) is 2.05. The number of benzene rings is 2. The summed E-state index contributed by atoms with van der Waals surface area (Å²) in [6.45, 7) is 5.85. The molecule has 0 radical (unpaired) electrons. The Kier molecular flexibility index (Phi) is 6.82. The molecule has 0 aliphatic rings. The molecule has 122 valence electrons. The average Bonchev–Trinajstić information content (AvgIpc) is 2.56. The Bertz CT molecular complexity index is 542. The molecule has 2 rings (SSSR count). The Labute approximate surface area is 139 Å². The van der Waals surface area contributed by atoms with Crippen LogP contribution in [0.1, 0.15) is 37.3 Å². The van der Waals surface area contributed by atoms with E-state index in [0.717, 1.165) is 24.1 Å². The molecular weight excluding hydrogens is 284 g/mol. The smallest absolute Gasteiger partial charge is 0.232 e. The fourth-order valence-electron chi connectivity index (χ4n) is 2.58. The molecule has 0 heterocycles. The molecule has 3 nitrogen and oxygen atoms in total. The van der Waals surface area contributed by atoms with Gasteiger partial charge in [0.15, 0.2) is 0 Å². The van der Waals surface area contributed by atoms with Gasteiger partial charge in [-0.15, -0.1) is 0 Å². The third kappa shape index (κ3) is 5.53. The van der Waals surface area contributed by atoms with E-state index in [4.69, 9.17) is 0 Å². The lowest BCUT2D eigenvalue weighted by atomic mass is 9.90. The van der Waals surface area contributed by atoms with Gasteiger partial charge >= 0.3 is 0 Å². The molecule has 0 bridgehead atoms. The number of amides is 1. The first-order valence-electron chi connectivity index (χ1n) is 8.29. The third-order valence-corrected chi connectivity index (χ3v) is 3.73. The zero-order chi connectivity index (χ0) is 16.5. The van der Waals surface area contributed by atoms with Crippen LogP contribution < -0.4 is 10.6 Å². The van der Waals surface area contributed by atoms with Crippen molar-refractivity contribution in [2.45, 2.75) is 32.2 Å². The molecule has 0 saturated heterocycles. The van der Waals surface area contributed by atoms with Gasteiger partial charge in [-0.2, -0.15) is 0 Å². The van der Waals surface area contributed by atoms with Crippen molar-refractivity contribution in [3.8, 4) is 0 Å². The molecule has 0 fully saturated rings. The minimum atomic E-state index is -0.254. The molecule has 2 N–H and O–H groups in total. The molecule has 23 heavy (non-hydrogen) atoms. The summed E-state index contributed by atoms with van der Waals surface area (Å²) in [6, 6.07) is 20.4. The standard InChI is InChI=1S/C20H26N2O/c1-16(2)21-14-9-15-22-20(23)19(17-10-5-3-6-11-17)18-12-7-4-8-13-18/h3-8,10-13,16,19,21H,9,14-15H2,1-2H3,(H,22,23). The molecular formula is C20H26N2O. The van der Waals surface area contributed by atoms with Crippen LogP contribution >= 0.6 is 0 Å². The van der Waals surface area contributed by atoms with Gasteiger partial charge < -0.3 is 10.6 Å². The van der Waals surface area contributed by atoms with Crippen LogP contribution in [0.3, 0.4) is 0 Å². The van der Waals surface area contributed by atoms with Crippen molar-refractivity contribution in [2.24, 2.45) is 0 Å². The Morgan fingerprint density at radius 3 is 1.87 bits per heavy atom. The Balaban J connectivity index is 2.02. The van der Waals surface area contributed by atoms with Gasteiger partial charge in [0.1, 0.15) is 0 Å². The Hall–Kier alpha value is -2.13. The Morgan fingerprint density at radius 2 is 1.39 bits per heavy atom. The molecule has 0 atom stereocenters. The topological polar surface area (TPSA) is 41.1 Å². The van der Waals surface area contributed by atoms with Crippen LogP contribution in [0.4, 0.5) is 0 Å². The van der Waals surface area contributed by atoms with Crippen molar-refractivity contribution in [2.75, 3.05) is 13.1 Å². The first kappa shape index (κ1) is 17.2. The number of nitrogens with one attached hydrogen (secondary N) is 2. The molecule has 2 aromatic rings. The van der Waals surface area contributed by atoms with Crippen molar-refractivity contribution < 1.29 is 4.79 Å². The number of carbonyl (C=O) groups excluding carboxylic acids is 1. The van der Waals surface area contributed by atoms with E-state index in [1.54, 1.807) is 0 Å². The van der Waals surface area contributed by atoms with Crippen LogP contribution in [-0.2, 0) is 4.79 Å². The Morgan fingerprint density at radius 1 is 0.870 bits per heavy atom. The van der Waals surface area contributed by atoms with Crippen LogP contribution in [-0.4, -0.2) is 25.0 Å². The molecule has 0 aliphatic carbocycles. The average molecular weight is 310 g/mol. The molecule has 0 aliphatic heterocycles. The molecule has 0 unspecified atom stereocenters. The highest BCUT2D eigenvalue weighted by atomic mass is 16.1. The molecule has 0 aromatic heterocycles. The lowest BCUT2D eigenvalue weighted by Gasteiger charge is -2.18.